The summed E-state index contributed by atoms with van der Waals surface area (Å²) in [6, 6.07) is 0. The molecule has 1 unspecified atom stereocenters. The third kappa shape index (κ3) is 5.48. The Bertz CT molecular complexity index is 522. The molecule has 1 aliphatic carbocycles. The Morgan fingerprint density at radius 2 is 1.84 bits per heavy atom. The molecule has 0 amide bonds. The first-order chi connectivity index (χ1) is 11.8. The van der Waals surface area contributed by atoms with Gasteiger partial charge in [-0.15, -0.1) is 0 Å². The minimum absolute atomic E-state index is 0.121. The van der Waals surface area contributed by atoms with Gasteiger partial charge in [0.25, 0.3) is 0 Å². The van der Waals surface area contributed by atoms with Crippen LogP contribution in [0.15, 0.2) is 4.99 Å². The van der Waals surface area contributed by atoms with Crippen LogP contribution in [0.2, 0.25) is 0 Å². The van der Waals surface area contributed by atoms with E-state index in [1.54, 1.807) is 0 Å². The fourth-order valence-corrected chi connectivity index (χ4v) is 3.58. The Labute approximate surface area is 151 Å². The van der Waals surface area contributed by atoms with Gasteiger partial charge in [-0.1, -0.05) is 47.0 Å². The quantitative estimate of drug-likeness (QED) is 0.360. The summed E-state index contributed by atoms with van der Waals surface area (Å²) in [5, 5.41) is 0. The van der Waals surface area contributed by atoms with E-state index in [0.717, 1.165) is 25.7 Å². The molecule has 0 aliphatic heterocycles. The molecule has 0 aromatic rings. The summed E-state index contributed by atoms with van der Waals surface area (Å²) in [5.74, 6) is -2.78. The van der Waals surface area contributed by atoms with Gasteiger partial charge in [0.1, 0.15) is 17.6 Å². The summed E-state index contributed by atoms with van der Waals surface area (Å²) >= 11 is 0. The van der Waals surface area contributed by atoms with Crippen LogP contribution in [-0.2, 0) is 19.1 Å². The molecule has 1 saturated carbocycles. The van der Waals surface area contributed by atoms with Gasteiger partial charge in [-0.25, -0.2) is 0 Å². The van der Waals surface area contributed by atoms with Gasteiger partial charge in [0, 0.05) is 18.7 Å². The number of esters is 1. The molecular formula is C20H33NO4. The molecule has 5 heteroatoms. The minimum Gasteiger partial charge on any atom is -0.468 e. The highest BCUT2D eigenvalue weighted by atomic mass is 16.5. The van der Waals surface area contributed by atoms with Crippen LogP contribution in [0.3, 0.4) is 0 Å². The first-order valence-corrected chi connectivity index (χ1v) is 9.47. The highest BCUT2D eigenvalue weighted by molar-refractivity contribution is 6.26. The van der Waals surface area contributed by atoms with E-state index < -0.39 is 23.2 Å². The standard InChI is InChI=1S/C20H33NO4/c1-6-8-9-10-12-21-14-13-20(3,4)17(19(24)25-5)18(23)16(14)15(22)11-7-2/h16-17H,6-13H2,1-5H3/t16?,17-/m0/s1. The summed E-state index contributed by atoms with van der Waals surface area (Å²) in [5.41, 5.74) is 0.0696. The summed E-state index contributed by atoms with van der Waals surface area (Å²) < 4.78 is 4.83. The van der Waals surface area contributed by atoms with Crippen LogP contribution in [-0.4, -0.2) is 36.9 Å². The monoisotopic (exact) mass is 351 g/mol. The molecule has 1 fully saturated rings. The van der Waals surface area contributed by atoms with Crippen LogP contribution in [0.4, 0.5) is 0 Å². The maximum atomic E-state index is 13.0. The van der Waals surface area contributed by atoms with Gasteiger partial charge in [0.05, 0.1) is 7.11 Å². The average Bonchev–Trinajstić information content (AvgIpc) is 2.53. The van der Waals surface area contributed by atoms with Crippen molar-refractivity contribution in [3.63, 3.8) is 0 Å². The summed E-state index contributed by atoms with van der Waals surface area (Å²) in [4.78, 5) is 42.4. The molecule has 0 aromatic heterocycles. The number of hydrogen-bond donors (Lipinski definition) is 0. The molecule has 2 atom stereocenters. The van der Waals surface area contributed by atoms with E-state index in [0.29, 0.717) is 31.5 Å². The van der Waals surface area contributed by atoms with E-state index in [-0.39, 0.29) is 11.6 Å². The Kier molecular flexibility index (Phi) is 8.46. The number of methoxy groups -OCH3 is 1. The third-order valence-corrected chi connectivity index (χ3v) is 4.90. The molecule has 0 heterocycles. The van der Waals surface area contributed by atoms with Crippen molar-refractivity contribution < 1.29 is 19.1 Å². The lowest BCUT2D eigenvalue weighted by atomic mass is 9.62. The maximum absolute atomic E-state index is 13.0. The lowest BCUT2D eigenvalue weighted by molar-refractivity contribution is -0.156. The van der Waals surface area contributed by atoms with E-state index in [1.807, 2.05) is 20.8 Å². The first-order valence-electron chi connectivity index (χ1n) is 9.47. The SMILES string of the molecule is CCCCCCN=C1CC(C)(C)[C@H](C(=O)OC)C(=O)C1C(=O)CCC. The molecule has 0 N–H and O–H groups in total. The number of ether oxygens (including phenoxy) is 1. The summed E-state index contributed by atoms with van der Waals surface area (Å²) in [7, 11) is 1.28. The van der Waals surface area contributed by atoms with Crippen LogP contribution in [0.5, 0.6) is 0 Å². The fourth-order valence-electron chi connectivity index (χ4n) is 3.58. The lowest BCUT2D eigenvalue weighted by Crippen LogP contribution is -2.52. The van der Waals surface area contributed by atoms with Gasteiger partial charge < -0.3 is 4.74 Å². The number of ketones is 2. The van der Waals surface area contributed by atoms with Crippen LogP contribution in [0, 0.1) is 17.3 Å². The number of rotatable bonds is 9. The Morgan fingerprint density at radius 1 is 1.16 bits per heavy atom. The molecule has 1 rings (SSSR count). The van der Waals surface area contributed by atoms with E-state index in [9.17, 15) is 14.4 Å². The number of aliphatic imine (C=N–C) groups is 1. The Balaban J connectivity index is 3.08. The van der Waals surface area contributed by atoms with Crippen LogP contribution in [0.1, 0.15) is 72.6 Å². The summed E-state index contributed by atoms with van der Waals surface area (Å²) in [6.45, 7) is 8.45. The number of hydrogen-bond acceptors (Lipinski definition) is 5. The van der Waals surface area contributed by atoms with Gasteiger partial charge in [0.15, 0.2) is 5.78 Å². The zero-order valence-electron chi connectivity index (χ0n) is 16.4. The van der Waals surface area contributed by atoms with Crippen molar-refractivity contribution in [2.45, 2.75) is 72.6 Å². The normalized spacial score (nSPS) is 24.4. The van der Waals surface area contributed by atoms with Gasteiger partial charge in [0.2, 0.25) is 0 Å². The highest BCUT2D eigenvalue weighted by Gasteiger charge is 2.52. The topological polar surface area (TPSA) is 72.8 Å². The van der Waals surface area contributed by atoms with E-state index in [1.165, 1.54) is 7.11 Å². The van der Waals surface area contributed by atoms with Crippen molar-refractivity contribution in [1.82, 2.24) is 0 Å². The zero-order chi connectivity index (χ0) is 19.0. The molecule has 0 aromatic carbocycles. The number of carbonyl (C=O) groups excluding carboxylic acids is 3. The second kappa shape index (κ2) is 9.83. The number of unbranched alkanes of at least 4 members (excludes halogenated alkanes) is 3. The van der Waals surface area contributed by atoms with Crippen LogP contribution in [0.25, 0.3) is 0 Å². The Morgan fingerprint density at radius 3 is 2.40 bits per heavy atom. The predicted octanol–water partition coefficient (Wildman–Crippen LogP) is 3.78. The Hall–Kier alpha value is -1.52. The molecule has 5 nitrogen and oxygen atoms in total. The molecule has 0 spiro atoms. The molecule has 142 valence electrons. The number of nitrogens with zero attached hydrogens (tertiary/aromatic N) is 1. The van der Waals surface area contributed by atoms with Gasteiger partial charge in [-0.2, -0.15) is 0 Å². The highest BCUT2D eigenvalue weighted by Crippen LogP contribution is 2.41. The predicted molar refractivity (Wildman–Crippen MR) is 98.8 cm³/mol. The molecule has 1 aliphatic rings. The molecule has 0 radical (unpaired) electrons. The zero-order valence-corrected chi connectivity index (χ0v) is 16.4. The van der Waals surface area contributed by atoms with E-state index in [4.69, 9.17) is 4.74 Å². The molecular weight excluding hydrogens is 318 g/mol. The summed E-state index contributed by atoms with van der Waals surface area (Å²) in [6.07, 6.45) is 5.87. The van der Waals surface area contributed by atoms with Crippen molar-refractivity contribution in [2.75, 3.05) is 13.7 Å². The smallest absolute Gasteiger partial charge is 0.316 e. The fraction of sp³-hybridized carbons (Fsp3) is 0.800. The minimum atomic E-state index is -0.901. The first kappa shape index (κ1) is 21.5. The third-order valence-electron chi connectivity index (χ3n) is 4.90. The van der Waals surface area contributed by atoms with Crippen LogP contribution < -0.4 is 0 Å². The van der Waals surface area contributed by atoms with Crippen molar-refractivity contribution in [3.05, 3.63) is 0 Å². The average molecular weight is 351 g/mol. The van der Waals surface area contributed by atoms with Gasteiger partial charge in [-0.3, -0.25) is 19.4 Å². The van der Waals surface area contributed by atoms with Gasteiger partial charge >= 0.3 is 5.97 Å². The van der Waals surface area contributed by atoms with Crippen molar-refractivity contribution in [2.24, 2.45) is 22.2 Å². The molecule has 25 heavy (non-hydrogen) atoms. The molecule has 0 bridgehead atoms. The van der Waals surface area contributed by atoms with E-state index >= 15 is 0 Å². The van der Waals surface area contributed by atoms with Crippen molar-refractivity contribution in [1.29, 1.82) is 0 Å². The molecule has 0 saturated heterocycles. The van der Waals surface area contributed by atoms with E-state index in [2.05, 4.69) is 11.9 Å². The second-order valence-corrected chi connectivity index (χ2v) is 7.61. The second-order valence-electron chi connectivity index (χ2n) is 7.61. The van der Waals surface area contributed by atoms with Crippen molar-refractivity contribution in [3.8, 4) is 0 Å². The number of carbonyl (C=O) groups is 3. The van der Waals surface area contributed by atoms with Gasteiger partial charge in [-0.05, 0) is 24.7 Å². The lowest BCUT2D eigenvalue weighted by Gasteiger charge is -2.39. The number of Topliss-reactive ketones (excluding diaryl/α,β-unsaturated/α-hetero) is 2. The van der Waals surface area contributed by atoms with Crippen LogP contribution >= 0.6 is 0 Å². The van der Waals surface area contributed by atoms with Crippen molar-refractivity contribution >= 4 is 23.2 Å². The largest absolute Gasteiger partial charge is 0.468 e. The maximum Gasteiger partial charge on any atom is 0.316 e.